The van der Waals surface area contributed by atoms with Gasteiger partial charge < -0.3 is 10.2 Å². The highest BCUT2D eigenvalue weighted by Gasteiger charge is 2.34. The molecule has 0 aliphatic carbocycles. The van der Waals surface area contributed by atoms with Crippen LogP contribution in [0.15, 0.2) is 77.7 Å². The molecule has 2 amide bonds. The molecular formula is C27H28Cl3N3O4S. The summed E-state index contributed by atoms with van der Waals surface area (Å²) in [5.74, 6) is -0.934. The Labute approximate surface area is 238 Å². The number of benzene rings is 3. The third-order valence-electron chi connectivity index (χ3n) is 5.84. The first-order valence-corrected chi connectivity index (χ1v) is 14.5. The molecule has 0 bridgehead atoms. The van der Waals surface area contributed by atoms with Crippen molar-refractivity contribution in [2.45, 2.75) is 37.8 Å². The molecule has 0 fully saturated rings. The number of sulfonamides is 1. The maximum Gasteiger partial charge on any atom is 0.264 e. The number of amides is 2. The fraction of sp³-hybridized carbons (Fsp3) is 0.259. The van der Waals surface area contributed by atoms with Crippen LogP contribution in [-0.2, 0) is 26.2 Å². The Morgan fingerprint density at radius 1 is 0.868 bits per heavy atom. The molecule has 0 aliphatic heterocycles. The summed E-state index contributed by atoms with van der Waals surface area (Å²) in [6, 6.07) is 18.2. The lowest BCUT2D eigenvalue weighted by Crippen LogP contribution is -2.52. The Hall–Kier alpha value is -2.78. The minimum Gasteiger partial charge on any atom is -0.355 e. The lowest BCUT2D eigenvalue weighted by atomic mass is 10.1. The summed E-state index contributed by atoms with van der Waals surface area (Å²) in [5.41, 5.74) is 0.776. The highest BCUT2D eigenvalue weighted by Crippen LogP contribution is 2.31. The van der Waals surface area contributed by atoms with E-state index in [0.29, 0.717) is 23.6 Å². The van der Waals surface area contributed by atoms with Gasteiger partial charge in [-0.25, -0.2) is 8.42 Å². The number of hydrogen-bond donors (Lipinski definition) is 1. The predicted molar refractivity (Wildman–Crippen MR) is 152 cm³/mol. The number of anilines is 1. The molecule has 3 rings (SSSR count). The van der Waals surface area contributed by atoms with E-state index in [1.165, 1.54) is 35.2 Å². The Morgan fingerprint density at radius 3 is 2.13 bits per heavy atom. The zero-order valence-corrected chi connectivity index (χ0v) is 24.0. The maximum absolute atomic E-state index is 13.9. The molecule has 38 heavy (non-hydrogen) atoms. The van der Waals surface area contributed by atoms with Crippen molar-refractivity contribution in [2.75, 3.05) is 17.4 Å². The van der Waals surface area contributed by atoms with Gasteiger partial charge in [0.15, 0.2) is 0 Å². The van der Waals surface area contributed by atoms with Gasteiger partial charge in [-0.15, -0.1) is 0 Å². The van der Waals surface area contributed by atoms with Crippen molar-refractivity contribution in [2.24, 2.45) is 0 Å². The van der Waals surface area contributed by atoms with E-state index < -0.39 is 28.5 Å². The van der Waals surface area contributed by atoms with E-state index in [0.717, 1.165) is 4.31 Å². The summed E-state index contributed by atoms with van der Waals surface area (Å²) in [6.45, 7) is 3.36. The molecule has 202 valence electrons. The SMILES string of the molecule is CCNC(=O)[C@H](CC)N(Cc1ccccc1Cl)C(=O)CN(c1ccc(Cl)c(Cl)c1)S(=O)(=O)c1ccccc1. The van der Waals surface area contributed by atoms with E-state index in [2.05, 4.69) is 5.32 Å². The number of likely N-dealkylation sites (N-methyl/N-ethyl adjacent to an activating group) is 1. The fourth-order valence-electron chi connectivity index (χ4n) is 3.91. The summed E-state index contributed by atoms with van der Waals surface area (Å²) >= 11 is 18.7. The molecule has 0 saturated carbocycles. The molecule has 0 unspecified atom stereocenters. The van der Waals surface area contributed by atoms with Gasteiger partial charge in [0, 0.05) is 18.1 Å². The molecule has 3 aromatic carbocycles. The van der Waals surface area contributed by atoms with Gasteiger partial charge in [0.2, 0.25) is 11.8 Å². The van der Waals surface area contributed by atoms with Crippen LogP contribution < -0.4 is 9.62 Å². The molecule has 0 heterocycles. The number of rotatable bonds is 11. The molecule has 3 aromatic rings. The average molecular weight is 597 g/mol. The van der Waals surface area contributed by atoms with Crippen LogP contribution in [0.4, 0.5) is 5.69 Å². The van der Waals surface area contributed by atoms with Crippen LogP contribution in [0.5, 0.6) is 0 Å². The third kappa shape index (κ3) is 6.99. The molecule has 0 saturated heterocycles. The van der Waals surface area contributed by atoms with Crippen LogP contribution >= 0.6 is 34.8 Å². The van der Waals surface area contributed by atoms with Crippen LogP contribution in [0, 0.1) is 0 Å². The fourth-order valence-corrected chi connectivity index (χ4v) is 5.83. The molecule has 0 radical (unpaired) electrons. The van der Waals surface area contributed by atoms with Crippen molar-refractivity contribution >= 4 is 62.3 Å². The monoisotopic (exact) mass is 595 g/mol. The van der Waals surface area contributed by atoms with Crippen molar-refractivity contribution in [1.29, 1.82) is 0 Å². The minimum atomic E-state index is -4.20. The molecule has 0 spiro atoms. The maximum atomic E-state index is 13.9. The van der Waals surface area contributed by atoms with Crippen LogP contribution in [-0.4, -0.2) is 44.3 Å². The van der Waals surface area contributed by atoms with Crippen LogP contribution in [0.3, 0.4) is 0 Å². The average Bonchev–Trinajstić information content (AvgIpc) is 2.90. The van der Waals surface area contributed by atoms with Gasteiger partial charge in [0.1, 0.15) is 12.6 Å². The second-order valence-corrected chi connectivity index (χ2v) is 11.4. The summed E-state index contributed by atoms with van der Waals surface area (Å²) in [4.78, 5) is 28.2. The van der Waals surface area contributed by atoms with Gasteiger partial charge in [0.05, 0.1) is 20.6 Å². The molecule has 0 aromatic heterocycles. The first-order valence-electron chi connectivity index (χ1n) is 11.9. The van der Waals surface area contributed by atoms with E-state index in [1.54, 1.807) is 56.3 Å². The van der Waals surface area contributed by atoms with Gasteiger partial charge in [-0.1, -0.05) is 78.1 Å². The standard InChI is InChI=1S/C27H28Cl3N3O4S/c1-3-25(27(35)31-4-2)32(17-19-10-8-9-13-22(19)28)26(34)18-33(20-14-15-23(29)24(30)16-20)38(36,37)21-11-6-5-7-12-21/h5-16,25H,3-4,17-18H2,1-2H3,(H,31,35)/t25-/m0/s1. The van der Waals surface area contributed by atoms with Crippen molar-refractivity contribution in [3.05, 3.63) is 93.4 Å². The topological polar surface area (TPSA) is 86.8 Å². The Morgan fingerprint density at radius 2 is 1.53 bits per heavy atom. The van der Waals surface area contributed by atoms with Gasteiger partial charge in [-0.05, 0) is 55.3 Å². The third-order valence-corrected chi connectivity index (χ3v) is 8.73. The van der Waals surface area contributed by atoms with E-state index in [-0.39, 0.29) is 33.1 Å². The highest BCUT2D eigenvalue weighted by molar-refractivity contribution is 7.92. The Bertz CT molecular complexity index is 1390. The van der Waals surface area contributed by atoms with Gasteiger partial charge in [-0.3, -0.25) is 13.9 Å². The lowest BCUT2D eigenvalue weighted by Gasteiger charge is -2.33. The number of carbonyl (C=O) groups is 2. The number of nitrogens with zero attached hydrogens (tertiary/aromatic N) is 2. The predicted octanol–water partition coefficient (Wildman–Crippen LogP) is 5.79. The Balaban J connectivity index is 2.08. The van der Waals surface area contributed by atoms with Crippen molar-refractivity contribution < 1.29 is 18.0 Å². The van der Waals surface area contributed by atoms with Crippen LogP contribution in [0.1, 0.15) is 25.8 Å². The van der Waals surface area contributed by atoms with Gasteiger partial charge >= 0.3 is 0 Å². The summed E-state index contributed by atoms with van der Waals surface area (Å²) in [5, 5.41) is 3.55. The van der Waals surface area contributed by atoms with Crippen molar-refractivity contribution in [3.63, 3.8) is 0 Å². The lowest BCUT2D eigenvalue weighted by molar-refractivity contribution is -0.140. The van der Waals surface area contributed by atoms with E-state index >= 15 is 0 Å². The number of hydrogen-bond acceptors (Lipinski definition) is 4. The zero-order chi connectivity index (χ0) is 27.9. The second kappa shape index (κ2) is 13.3. The van der Waals surface area contributed by atoms with Gasteiger partial charge in [0.25, 0.3) is 10.0 Å². The highest BCUT2D eigenvalue weighted by atomic mass is 35.5. The van der Waals surface area contributed by atoms with Crippen LogP contribution in [0.25, 0.3) is 0 Å². The van der Waals surface area contributed by atoms with Gasteiger partial charge in [-0.2, -0.15) is 0 Å². The molecule has 1 N–H and O–H groups in total. The minimum absolute atomic E-state index is 0.00714. The number of nitrogens with one attached hydrogen (secondary N) is 1. The quantitative estimate of drug-likeness (QED) is 0.304. The Kier molecular flexibility index (Phi) is 10.4. The second-order valence-electron chi connectivity index (χ2n) is 8.35. The van der Waals surface area contributed by atoms with Crippen molar-refractivity contribution in [3.8, 4) is 0 Å². The largest absolute Gasteiger partial charge is 0.355 e. The normalized spacial score (nSPS) is 12.0. The number of carbonyl (C=O) groups excluding carboxylic acids is 2. The van der Waals surface area contributed by atoms with E-state index in [9.17, 15) is 18.0 Å². The summed E-state index contributed by atoms with van der Waals surface area (Å²) in [7, 11) is -4.20. The zero-order valence-electron chi connectivity index (χ0n) is 20.9. The van der Waals surface area contributed by atoms with E-state index in [1.807, 2.05) is 0 Å². The molecule has 7 nitrogen and oxygen atoms in total. The molecular weight excluding hydrogens is 569 g/mol. The van der Waals surface area contributed by atoms with Crippen molar-refractivity contribution in [1.82, 2.24) is 10.2 Å². The summed E-state index contributed by atoms with van der Waals surface area (Å²) in [6.07, 6.45) is 0.306. The smallest absolute Gasteiger partial charge is 0.264 e. The van der Waals surface area contributed by atoms with E-state index in [4.69, 9.17) is 34.8 Å². The molecule has 0 aliphatic rings. The van der Waals surface area contributed by atoms with Crippen LogP contribution in [0.2, 0.25) is 15.1 Å². The molecule has 11 heteroatoms. The molecule has 1 atom stereocenters. The first-order chi connectivity index (χ1) is 18.1. The first kappa shape index (κ1) is 29.8. The summed E-state index contributed by atoms with van der Waals surface area (Å²) < 4.78 is 28.5. The number of halogens is 3.